The molecule has 1 atom stereocenters. The number of aromatic nitrogens is 2. The van der Waals surface area contributed by atoms with Crippen molar-refractivity contribution in [3.63, 3.8) is 0 Å². The summed E-state index contributed by atoms with van der Waals surface area (Å²) in [5, 5.41) is 6.73. The summed E-state index contributed by atoms with van der Waals surface area (Å²) >= 11 is 0. The number of nitrogens with two attached hydrogens (primary N) is 1. The second kappa shape index (κ2) is 4.76. The van der Waals surface area contributed by atoms with Crippen molar-refractivity contribution in [3.8, 4) is 0 Å². The monoisotopic (exact) mass is 196 g/mol. The van der Waals surface area contributed by atoms with Crippen LogP contribution in [0.2, 0.25) is 0 Å². The number of carbonyl (C=O) groups is 1. The SMILES string of the molecule is CCC(CN)C(=O)Nc1ccnn1C. The fourth-order valence-electron chi connectivity index (χ4n) is 1.18. The molecule has 0 spiro atoms. The van der Waals surface area contributed by atoms with Gasteiger partial charge in [-0.05, 0) is 6.42 Å². The van der Waals surface area contributed by atoms with Crippen molar-refractivity contribution in [2.45, 2.75) is 13.3 Å². The van der Waals surface area contributed by atoms with E-state index in [0.717, 1.165) is 6.42 Å². The van der Waals surface area contributed by atoms with Crippen LogP contribution in [0.5, 0.6) is 0 Å². The van der Waals surface area contributed by atoms with E-state index in [1.54, 1.807) is 24.0 Å². The molecule has 1 aromatic rings. The Balaban J connectivity index is 2.61. The van der Waals surface area contributed by atoms with Gasteiger partial charge in [-0.3, -0.25) is 9.48 Å². The largest absolute Gasteiger partial charge is 0.330 e. The Hall–Kier alpha value is -1.36. The van der Waals surface area contributed by atoms with Crippen molar-refractivity contribution in [3.05, 3.63) is 12.3 Å². The van der Waals surface area contributed by atoms with Crippen molar-refractivity contribution >= 4 is 11.7 Å². The molecule has 0 saturated heterocycles. The molecular formula is C9H16N4O. The van der Waals surface area contributed by atoms with Crippen molar-refractivity contribution in [2.75, 3.05) is 11.9 Å². The van der Waals surface area contributed by atoms with Gasteiger partial charge in [0.25, 0.3) is 0 Å². The molecule has 78 valence electrons. The molecule has 0 saturated carbocycles. The van der Waals surface area contributed by atoms with E-state index >= 15 is 0 Å². The Morgan fingerprint density at radius 1 is 1.79 bits per heavy atom. The van der Waals surface area contributed by atoms with Crippen LogP contribution in [0.25, 0.3) is 0 Å². The van der Waals surface area contributed by atoms with Crippen LogP contribution < -0.4 is 11.1 Å². The van der Waals surface area contributed by atoms with Gasteiger partial charge in [-0.1, -0.05) is 6.92 Å². The maximum absolute atomic E-state index is 11.6. The van der Waals surface area contributed by atoms with Crippen LogP contribution in [0.3, 0.4) is 0 Å². The number of carbonyl (C=O) groups excluding carboxylic acids is 1. The molecule has 5 nitrogen and oxygen atoms in total. The van der Waals surface area contributed by atoms with E-state index in [-0.39, 0.29) is 11.8 Å². The van der Waals surface area contributed by atoms with Crippen LogP contribution in [0.15, 0.2) is 12.3 Å². The second-order valence-electron chi connectivity index (χ2n) is 3.17. The highest BCUT2D eigenvalue weighted by Gasteiger charge is 2.15. The molecule has 0 bridgehead atoms. The van der Waals surface area contributed by atoms with Gasteiger partial charge >= 0.3 is 0 Å². The Morgan fingerprint density at radius 2 is 2.50 bits per heavy atom. The molecule has 0 fully saturated rings. The number of amides is 1. The molecule has 1 aromatic heterocycles. The van der Waals surface area contributed by atoms with Gasteiger partial charge in [0.05, 0.1) is 12.1 Å². The summed E-state index contributed by atoms with van der Waals surface area (Å²) in [7, 11) is 1.78. The number of nitrogens with zero attached hydrogens (tertiary/aromatic N) is 2. The van der Waals surface area contributed by atoms with E-state index in [2.05, 4.69) is 10.4 Å². The van der Waals surface area contributed by atoms with Crippen LogP contribution in [-0.4, -0.2) is 22.2 Å². The Kier molecular flexibility index (Phi) is 3.64. The fraction of sp³-hybridized carbons (Fsp3) is 0.556. The maximum atomic E-state index is 11.6. The van der Waals surface area contributed by atoms with Crippen molar-refractivity contribution in [1.82, 2.24) is 9.78 Å². The zero-order valence-electron chi connectivity index (χ0n) is 8.53. The lowest BCUT2D eigenvalue weighted by Gasteiger charge is -2.12. The van der Waals surface area contributed by atoms with E-state index in [0.29, 0.717) is 12.4 Å². The molecule has 14 heavy (non-hydrogen) atoms. The highest BCUT2D eigenvalue weighted by molar-refractivity contribution is 5.91. The molecule has 1 amide bonds. The summed E-state index contributed by atoms with van der Waals surface area (Å²) in [6.07, 6.45) is 2.39. The van der Waals surface area contributed by atoms with E-state index in [1.807, 2.05) is 6.92 Å². The molecule has 3 N–H and O–H groups in total. The first-order valence-electron chi connectivity index (χ1n) is 4.68. The average molecular weight is 196 g/mol. The van der Waals surface area contributed by atoms with Gasteiger partial charge in [-0.2, -0.15) is 5.10 Å². The van der Waals surface area contributed by atoms with Crippen LogP contribution in [0.1, 0.15) is 13.3 Å². The van der Waals surface area contributed by atoms with E-state index in [9.17, 15) is 4.79 Å². The van der Waals surface area contributed by atoms with Gasteiger partial charge in [0.2, 0.25) is 5.91 Å². The van der Waals surface area contributed by atoms with Crippen molar-refractivity contribution in [1.29, 1.82) is 0 Å². The second-order valence-corrected chi connectivity index (χ2v) is 3.17. The molecule has 0 radical (unpaired) electrons. The van der Waals surface area contributed by atoms with E-state index < -0.39 is 0 Å². The normalized spacial score (nSPS) is 12.5. The number of hydrogen-bond donors (Lipinski definition) is 2. The molecule has 5 heteroatoms. The van der Waals surface area contributed by atoms with Crippen LogP contribution >= 0.6 is 0 Å². The average Bonchev–Trinajstić information content (AvgIpc) is 2.54. The fourth-order valence-corrected chi connectivity index (χ4v) is 1.18. The minimum absolute atomic E-state index is 0.0430. The zero-order chi connectivity index (χ0) is 10.6. The van der Waals surface area contributed by atoms with Crippen molar-refractivity contribution < 1.29 is 4.79 Å². The van der Waals surface area contributed by atoms with Gasteiger partial charge in [0.1, 0.15) is 5.82 Å². The van der Waals surface area contributed by atoms with E-state index in [4.69, 9.17) is 5.73 Å². The lowest BCUT2D eigenvalue weighted by Crippen LogP contribution is -2.29. The predicted molar refractivity (Wildman–Crippen MR) is 54.7 cm³/mol. The summed E-state index contributed by atoms with van der Waals surface area (Å²) in [5.41, 5.74) is 5.47. The zero-order valence-corrected chi connectivity index (χ0v) is 8.53. The number of nitrogens with one attached hydrogen (secondary N) is 1. The van der Waals surface area contributed by atoms with Crippen LogP contribution in [0.4, 0.5) is 5.82 Å². The predicted octanol–water partition coefficient (Wildman–Crippen LogP) is 0.343. The highest BCUT2D eigenvalue weighted by Crippen LogP contribution is 2.08. The quantitative estimate of drug-likeness (QED) is 0.729. The first-order valence-corrected chi connectivity index (χ1v) is 4.68. The lowest BCUT2D eigenvalue weighted by molar-refractivity contribution is -0.119. The highest BCUT2D eigenvalue weighted by atomic mass is 16.2. The standard InChI is InChI=1S/C9H16N4O/c1-3-7(6-10)9(14)12-8-4-5-11-13(8)2/h4-5,7H,3,6,10H2,1-2H3,(H,12,14). The van der Waals surface area contributed by atoms with Gasteiger partial charge in [-0.25, -0.2) is 0 Å². The van der Waals surface area contributed by atoms with E-state index in [1.165, 1.54) is 0 Å². The minimum atomic E-state index is -0.120. The van der Waals surface area contributed by atoms with Gasteiger partial charge in [0.15, 0.2) is 0 Å². The van der Waals surface area contributed by atoms with Gasteiger partial charge < -0.3 is 11.1 Å². The summed E-state index contributed by atoms with van der Waals surface area (Å²) < 4.78 is 1.61. The number of aryl methyl sites for hydroxylation is 1. The smallest absolute Gasteiger partial charge is 0.229 e. The molecule has 1 unspecified atom stereocenters. The molecule has 0 aromatic carbocycles. The summed E-state index contributed by atoms with van der Waals surface area (Å²) in [4.78, 5) is 11.6. The molecular weight excluding hydrogens is 180 g/mol. The molecule has 0 aliphatic rings. The van der Waals surface area contributed by atoms with Gasteiger partial charge in [-0.15, -0.1) is 0 Å². The maximum Gasteiger partial charge on any atom is 0.229 e. The first kappa shape index (κ1) is 10.7. The lowest BCUT2D eigenvalue weighted by atomic mass is 10.1. The third-order valence-electron chi connectivity index (χ3n) is 2.22. The van der Waals surface area contributed by atoms with Crippen molar-refractivity contribution in [2.24, 2.45) is 18.7 Å². The molecule has 0 aliphatic carbocycles. The first-order chi connectivity index (χ1) is 6.69. The summed E-state index contributed by atoms with van der Waals surface area (Å²) in [6.45, 7) is 2.32. The minimum Gasteiger partial charge on any atom is -0.330 e. The number of rotatable bonds is 4. The third kappa shape index (κ3) is 2.32. The topological polar surface area (TPSA) is 72.9 Å². The van der Waals surface area contributed by atoms with Gasteiger partial charge in [0, 0.05) is 19.7 Å². The molecule has 1 heterocycles. The van der Waals surface area contributed by atoms with Crippen LogP contribution in [0, 0.1) is 5.92 Å². The Labute approximate surface area is 83.3 Å². The summed E-state index contributed by atoms with van der Waals surface area (Å²) in [5.74, 6) is 0.533. The third-order valence-corrected chi connectivity index (χ3v) is 2.22. The molecule has 1 rings (SSSR count). The summed E-state index contributed by atoms with van der Waals surface area (Å²) in [6, 6.07) is 1.75. The number of hydrogen-bond acceptors (Lipinski definition) is 3. The molecule has 0 aliphatic heterocycles. The number of anilines is 1. The van der Waals surface area contributed by atoms with Crippen LogP contribution in [-0.2, 0) is 11.8 Å². The Morgan fingerprint density at radius 3 is 2.93 bits per heavy atom. The Bertz CT molecular complexity index is 304.